The van der Waals surface area contributed by atoms with E-state index in [9.17, 15) is 5.11 Å². The topological polar surface area (TPSA) is 32.3 Å². The van der Waals surface area contributed by atoms with Gasteiger partial charge in [-0.1, -0.05) is 41.9 Å². The highest BCUT2D eigenvalue weighted by atomic mass is 35.5. The normalized spacial score (nSPS) is 14.6. The van der Waals surface area contributed by atoms with Crippen molar-refractivity contribution < 1.29 is 5.11 Å². The summed E-state index contributed by atoms with van der Waals surface area (Å²) >= 11 is 6.10. The molecule has 3 rings (SSSR count). The molecule has 2 N–H and O–H groups in total. The summed E-state index contributed by atoms with van der Waals surface area (Å²) in [5.74, 6) is 0.260. The minimum absolute atomic E-state index is 0.260. The number of phenolic OH excluding ortho intramolecular Hbond substituents is 1. The SMILES string of the molecule is Oc1cccc(Cl)c1CNC1Cc2ccccc2C1. The summed E-state index contributed by atoms with van der Waals surface area (Å²) in [6, 6.07) is 14.2. The van der Waals surface area contributed by atoms with Gasteiger partial charge < -0.3 is 10.4 Å². The third kappa shape index (κ3) is 2.60. The lowest BCUT2D eigenvalue weighted by molar-refractivity contribution is 0.457. The van der Waals surface area contributed by atoms with Crippen LogP contribution in [-0.2, 0) is 19.4 Å². The van der Waals surface area contributed by atoms with E-state index in [2.05, 4.69) is 29.6 Å². The van der Waals surface area contributed by atoms with E-state index in [0.29, 0.717) is 17.6 Å². The van der Waals surface area contributed by atoms with Gasteiger partial charge >= 0.3 is 0 Å². The van der Waals surface area contributed by atoms with Crippen molar-refractivity contribution in [2.75, 3.05) is 0 Å². The summed E-state index contributed by atoms with van der Waals surface area (Å²) in [6.07, 6.45) is 2.09. The number of rotatable bonds is 3. The second-order valence-corrected chi connectivity index (χ2v) is 5.40. The molecular formula is C16H16ClNO. The first-order valence-electron chi connectivity index (χ1n) is 6.50. The molecule has 0 unspecified atom stereocenters. The summed E-state index contributed by atoms with van der Waals surface area (Å²) in [5.41, 5.74) is 3.62. The zero-order chi connectivity index (χ0) is 13.2. The van der Waals surface area contributed by atoms with Crippen molar-refractivity contribution in [1.29, 1.82) is 0 Å². The Morgan fingerprint density at radius 3 is 2.37 bits per heavy atom. The average Bonchev–Trinajstić information content (AvgIpc) is 2.81. The number of aromatic hydroxyl groups is 1. The predicted octanol–water partition coefficient (Wildman–Crippen LogP) is 3.30. The Morgan fingerprint density at radius 1 is 1.05 bits per heavy atom. The van der Waals surface area contributed by atoms with Gasteiger partial charge in [-0.15, -0.1) is 0 Å². The van der Waals surface area contributed by atoms with Crippen molar-refractivity contribution in [3.8, 4) is 5.75 Å². The molecule has 1 aliphatic carbocycles. The lowest BCUT2D eigenvalue weighted by Gasteiger charge is -2.13. The van der Waals surface area contributed by atoms with Crippen LogP contribution in [0.15, 0.2) is 42.5 Å². The largest absolute Gasteiger partial charge is 0.508 e. The molecule has 0 aliphatic heterocycles. The molecule has 98 valence electrons. The molecule has 2 aromatic rings. The third-order valence-electron chi connectivity index (χ3n) is 3.71. The molecule has 0 atom stereocenters. The fourth-order valence-corrected chi connectivity index (χ4v) is 2.91. The zero-order valence-electron chi connectivity index (χ0n) is 10.6. The molecule has 2 nitrogen and oxygen atoms in total. The Morgan fingerprint density at radius 2 is 1.74 bits per heavy atom. The van der Waals surface area contributed by atoms with Gasteiger partial charge in [-0.05, 0) is 36.1 Å². The molecule has 19 heavy (non-hydrogen) atoms. The van der Waals surface area contributed by atoms with Gasteiger partial charge in [0.15, 0.2) is 0 Å². The van der Waals surface area contributed by atoms with E-state index >= 15 is 0 Å². The summed E-state index contributed by atoms with van der Waals surface area (Å²) in [6.45, 7) is 0.601. The number of benzene rings is 2. The number of nitrogens with one attached hydrogen (secondary N) is 1. The molecule has 1 aliphatic rings. The van der Waals surface area contributed by atoms with Crippen LogP contribution in [0.1, 0.15) is 16.7 Å². The van der Waals surface area contributed by atoms with Crippen LogP contribution in [0, 0.1) is 0 Å². The highest BCUT2D eigenvalue weighted by Gasteiger charge is 2.20. The average molecular weight is 274 g/mol. The van der Waals surface area contributed by atoms with E-state index in [4.69, 9.17) is 11.6 Å². The van der Waals surface area contributed by atoms with E-state index in [1.807, 2.05) is 6.07 Å². The van der Waals surface area contributed by atoms with Crippen molar-refractivity contribution in [2.45, 2.75) is 25.4 Å². The Balaban J connectivity index is 1.66. The number of fused-ring (bicyclic) bond motifs is 1. The maximum Gasteiger partial charge on any atom is 0.121 e. The van der Waals surface area contributed by atoms with Crippen LogP contribution in [0.4, 0.5) is 0 Å². The Kier molecular flexibility index (Phi) is 3.45. The molecule has 0 fully saturated rings. The number of halogens is 1. The Hall–Kier alpha value is -1.51. The van der Waals surface area contributed by atoms with Gasteiger partial charge in [0, 0.05) is 23.2 Å². The molecule has 0 aromatic heterocycles. The smallest absolute Gasteiger partial charge is 0.121 e. The molecule has 0 amide bonds. The molecular weight excluding hydrogens is 258 g/mol. The first-order chi connectivity index (χ1) is 9.24. The lowest BCUT2D eigenvalue weighted by atomic mass is 10.1. The van der Waals surface area contributed by atoms with Crippen molar-refractivity contribution in [2.24, 2.45) is 0 Å². The van der Waals surface area contributed by atoms with Crippen LogP contribution in [0.5, 0.6) is 5.75 Å². The summed E-state index contributed by atoms with van der Waals surface area (Å²) in [7, 11) is 0. The number of phenols is 1. The highest BCUT2D eigenvalue weighted by molar-refractivity contribution is 6.31. The van der Waals surface area contributed by atoms with Crippen LogP contribution in [0.25, 0.3) is 0 Å². The van der Waals surface area contributed by atoms with E-state index in [1.165, 1.54) is 11.1 Å². The van der Waals surface area contributed by atoms with Crippen LogP contribution < -0.4 is 5.32 Å². The lowest BCUT2D eigenvalue weighted by Crippen LogP contribution is -2.29. The first-order valence-corrected chi connectivity index (χ1v) is 6.88. The van der Waals surface area contributed by atoms with Gasteiger partial charge in [0.1, 0.15) is 5.75 Å². The molecule has 0 saturated carbocycles. The van der Waals surface area contributed by atoms with Crippen molar-refractivity contribution in [3.05, 3.63) is 64.2 Å². The van der Waals surface area contributed by atoms with E-state index in [0.717, 1.165) is 18.4 Å². The number of hydrogen-bond donors (Lipinski definition) is 2. The molecule has 3 heteroatoms. The Bertz CT molecular complexity index is 552. The standard InChI is InChI=1S/C16H16ClNO/c17-15-6-3-7-16(19)14(15)10-18-13-8-11-4-1-2-5-12(11)9-13/h1-7,13,18-19H,8-10H2. The van der Waals surface area contributed by atoms with Crippen LogP contribution >= 0.6 is 11.6 Å². The maximum atomic E-state index is 9.81. The predicted molar refractivity (Wildman–Crippen MR) is 77.6 cm³/mol. The zero-order valence-corrected chi connectivity index (χ0v) is 11.3. The third-order valence-corrected chi connectivity index (χ3v) is 4.07. The van der Waals surface area contributed by atoms with E-state index < -0.39 is 0 Å². The van der Waals surface area contributed by atoms with Crippen LogP contribution in [0.3, 0.4) is 0 Å². The highest BCUT2D eigenvalue weighted by Crippen LogP contribution is 2.26. The molecule has 0 spiro atoms. The molecule has 0 bridgehead atoms. The van der Waals surface area contributed by atoms with Crippen LogP contribution in [-0.4, -0.2) is 11.1 Å². The molecule has 0 saturated heterocycles. The Labute approximate surface area is 118 Å². The fourth-order valence-electron chi connectivity index (χ4n) is 2.67. The fraction of sp³-hybridized carbons (Fsp3) is 0.250. The quantitative estimate of drug-likeness (QED) is 0.899. The van der Waals surface area contributed by atoms with Gasteiger partial charge in [0.25, 0.3) is 0 Å². The van der Waals surface area contributed by atoms with Crippen molar-refractivity contribution >= 4 is 11.6 Å². The minimum atomic E-state index is 0.260. The van der Waals surface area contributed by atoms with Crippen molar-refractivity contribution in [1.82, 2.24) is 5.32 Å². The van der Waals surface area contributed by atoms with Gasteiger partial charge in [0.05, 0.1) is 0 Å². The monoisotopic (exact) mass is 273 g/mol. The van der Waals surface area contributed by atoms with Gasteiger partial charge in [-0.25, -0.2) is 0 Å². The molecule has 0 heterocycles. The van der Waals surface area contributed by atoms with Gasteiger partial charge in [-0.3, -0.25) is 0 Å². The van der Waals surface area contributed by atoms with Crippen LogP contribution in [0.2, 0.25) is 5.02 Å². The second kappa shape index (κ2) is 5.24. The summed E-state index contributed by atoms with van der Waals surface area (Å²) in [5, 5.41) is 13.9. The second-order valence-electron chi connectivity index (χ2n) is 4.99. The van der Waals surface area contributed by atoms with Crippen molar-refractivity contribution in [3.63, 3.8) is 0 Å². The van der Waals surface area contributed by atoms with Gasteiger partial charge in [-0.2, -0.15) is 0 Å². The van der Waals surface area contributed by atoms with Gasteiger partial charge in [0.2, 0.25) is 0 Å². The number of hydrogen-bond acceptors (Lipinski definition) is 2. The summed E-state index contributed by atoms with van der Waals surface area (Å²) < 4.78 is 0. The molecule has 2 aromatic carbocycles. The maximum absolute atomic E-state index is 9.81. The van der Waals surface area contributed by atoms with E-state index in [-0.39, 0.29) is 5.75 Å². The van der Waals surface area contributed by atoms with E-state index in [1.54, 1.807) is 12.1 Å². The molecule has 0 radical (unpaired) electrons. The first kappa shape index (κ1) is 12.5. The minimum Gasteiger partial charge on any atom is -0.508 e. The summed E-state index contributed by atoms with van der Waals surface area (Å²) in [4.78, 5) is 0.